The average molecular weight is 393 g/mol. The minimum Gasteiger partial charge on any atom is -0.309 e. The predicted molar refractivity (Wildman–Crippen MR) is 93.2 cm³/mol. The van der Waals surface area contributed by atoms with Gasteiger partial charge in [0.25, 0.3) is 0 Å². The lowest BCUT2D eigenvalue weighted by molar-refractivity contribution is 0.535. The first-order valence-electron chi connectivity index (χ1n) is 6.52. The Kier molecular flexibility index (Phi) is 6.37. The third kappa shape index (κ3) is 3.99. The Bertz CT molecular complexity index is 571. The Morgan fingerprint density at radius 3 is 2.75 bits per heavy atom. The summed E-state index contributed by atoms with van der Waals surface area (Å²) in [5.74, 6) is 0. The normalized spacial score (nSPS) is 12.6. The first-order valence-corrected chi connectivity index (χ1v) is 8.95. The molecule has 20 heavy (non-hydrogen) atoms. The van der Waals surface area contributed by atoms with Gasteiger partial charge in [-0.2, -0.15) is 0 Å². The molecule has 0 spiro atoms. The molecule has 0 radical (unpaired) electrons. The van der Waals surface area contributed by atoms with E-state index in [1.807, 2.05) is 18.2 Å². The molecule has 1 nitrogen and oxygen atoms in total. The summed E-state index contributed by atoms with van der Waals surface area (Å²) in [4.78, 5) is 1.30. The van der Waals surface area contributed by atoms with Crippen LogP contribution in [0.4, 0.5) is 0 Å². The molecule has 2 rings (SSSR count). The predicted octanol–water partition coefficient (Wildman–Crippen LogP) is 6.10. The van der Waals surface area contributed by atoms with E-state index in [4.69, 9.17) is 23.2 Å². The van der Waals surface area contributed by atoms with Gasteiger partial charge in [0.1, 0.15) is 0 Å². The van der Waals surface area contributed by atoms with Crippen LogP contribution in [-0.4, -0.2) is 6.54 Å². The van der Waals surface area contributed by atoms with Crippen molar-refractivity contribution in [3.63, 3.8) is 0 Å². The summed E-state index contributed by atoms with van der Waals surface area (Å²) < 4.78 is 1.15. The molecule has 1 N–H and O–H groups in total. The molecular weight excluding hydrogens is 377 g/mol. The third-order valence-corrected chi connectivity index (χ3v) is 5.90. The Hall–Kier alpha value is -0.0600. The van der Waals surface area contributed by atoms with E-state index in [1.165, 1.54) is 4.88 Å². The summed E-state index contributed by atoms with van der Waals surface area (Å²) in [7, 11) is 0. The fourth-order valence-corrected chi connectivity index (χ4v) is 4.18. The smallest absolute Gasteiger partial charge is 0.0624 e. The van der Waals surface area contributed by atoms with Gasteiger partial charge in [-0.15, -0.1) is 11.3 Å². The number of hydrogen-bond donors (Lipinski definition) is 1. The van der Waals surface area contributed by atoms with E-state index in [2.05, 4.69) is 39.6 Å². The molecule has 0 fully saturated rings. The minimum atomic E-state index is 0.250. The Labute approximate surface area is 142 Å². The van der Waals surface area contributed by atoms with E-state index in [0.29, 0.717) is 10.0 Å². The molecule has 1 unspecified atom stereocenters. The van der Waals surface area contributed by atoms with Crippen LogP contribution in [0.15, 0.2) is 34.1 Å². The molecule has 108 valence electrons. The second-order valence-corrected chi connectivity index (χ2v) is 7.14. The van der Waals surface area contributed by atoms with Gasteiger partial charge in [-0.25, -0.2) is 0 Å². The number of benzene rings is 1. The number of hydrogen-bond acceptors (Lipinski definition) is 2. The zero-order chi connectivity index (χ0) is 14.5. The maximum absolute atomic E-state index is 6.30. The van der Waals surface area contributed by atoms with Crippen molar-refractivity contribution in [2.75, 3.05) is 6.54 Å². The van der Waals surface area contributed by atoms with Gasteiger partial charge in [0.2, 0.25) is 0 Å². The van der Waals surface area contributed by atoms with Crippen LogP contribution < -0.4 is 5.32 Å². The van der Waals surface area contributed by atoms with Crippen molar-refractivity contribution in [1.29, 1.82) is 0 Å². The quantitative estimate of drug-likeness (QED) is 0.625. The highest BCUT2D eigenvalue weighted by molar-refractivity contribution is 9.10. The fourth-order valence-electron chi connectivity index (χ4n) is 2.06. The molecule has 0 bridgehead atoms. The highest BCUT2D eigenvalue weighted by Gasteiger charge is 2.18. The van der Waals surface area contributed by atoms with Crippen molar-refractivity contribution < 1.29 is 0 Å². The maximum atomic E-state index is 6.30. The van der Waals surface area contributed by atoms with Crippen LogP contribution in [0.3, 0.4) is 0 Å². The monoisotopic (exact) mass is 391 g/mol. The zero-order valence-electron chi connectivity index (χ0n) is 11.1. The second kappa shape index (κ2) is 7.81. The molecule has 0 aliphatic heterocycles. The average Bonchev–Trinajstić information content (AvgIpc) is 2.85. The fraction of sp³-hybridized carbons (Fsp3) is 0.333. The molecule has 2 aromatic rings. The summed E-state index contributed by atoms with van der Waals surface area (Å²) in [5.41, 5.74) is 1.08. The van der Waals surface area contributed by atoms with Gasteiger partial charge in [0.15, 0.2) is 0 Å². The summed E-state index contributed by atoms with van der Waals surface area (Å²) in [6.45, 7) is 3.15. The van der Waals surface area contributed by atoms with Gasteiger partial charge >= 0.3 is 0 Å². The summed E-state index contributed by atoms with van der Waals surface area (Å²) in [6.07, 6.45) is 1.93. The molecule has 5 heteroatoms. The van der Waals surface area contributed by atoms with Crippen molar-refractivity contribution in [3.8, 4) is 0 Å². The van der Waals surface area contributed by atoms with Crippen molar-refractivity contribution in [3.05, 3.63) is 54.6 Å². The van der Waals surface area contributed by atoms with E-state index in [9.17, 15) is 0 Å². The van der Waals surface area contributed by atoms with Crippen LogP contribution in [0.1, 0.15) is 29.8 Å². The minimum absolute atomic E-state index is 0.250. The molecule has 0 saturated carbocycles. The molecule has 1 atom stereocenters. The largest absolute Gasteiger partial charge is 0.309 e. The molecular formula is C15H16BrCl2NS. The lowest BCUT2D eigenvalue weighted by atomic mass is 10.0. The van der Waals surface area contributed by atoms with Crippen LogP contribution >= 0.6 is 50.5 Å². The van der Waals surface area contributed by atoms with Crippen molar-refractivity contribution in [2.45, 2.75) is 25.8 Å². The molecule has 1 heterocycles. The van der Waals surface area contributed by atoms with Crippen LogP contribution in [0.5, 0.6) is 0 Å². The summed E-state index contributed by atoms with van der Waals surface area (Å²) in [5, 5.41) is 6.96. The van der Waals surface area contributed by atoms with Gasteiger partial charge < -0.3 is 5.32 Å². The standard InChI is InChI=1S/C15H16BrCl2NS/c1-2-7-19-13(15-11(16)6-8-20-15)9-10-4-3-5-12(17)14(10)18/h3-6,8,13,19H,2,7,9H2,1H3. The van der Waals surface area contributed by atoms with Crippen LogP contribution in [-0.2, 0) is 6.42 Å². The van der Waals surface area contributed by atoms with Crippen molar-refractivity contribution >= 4 is 50.5 Å². The van der Waals surface area contributed by atoms with Gasteiger partial charge in [0.05, 0.1) is 10.0 Å². The molecule has 1 aromatic heterocycles. The SMILES string of the molecule is CCCNC(Cc1cccc(Cl)c1Cl)c1sccc1Br. The van der Waals surface area contributed by atoms with Crippen LogP contribution in [0.2, 0.25) is 10.0 Å². The number of thiophene rings is 1. The topological polar surface area (TPSA) is 12.0 Å². The first kappa shape index (κ1) is 16.3. The third-order valence-electron chi connectivity index (χ3n) is 3.06. The van der Waals surface area contributed by atoms with E-state index in [0.717, 1.165) is 29.4 Å². The first-order chi connectivity index (χ1) is 9.63. The van der Waals surface area contributed by atoms with E-state index < -0.39 is 0 Å². The number of nitrogens with one attached hydrogen (secondary N) is 1. The van der Waals surface area contributed by atoms with Gasteiger partial charge in [-0.05, 0) is 58.4 Å². The maximum Gasteiger partial charge on any atom is 0.0624 e. The van der Waals surface area contributed by atoms with Crippen molar-refractivity contribution in [1.82, 2.24) is 5.32 Å². The van der Waals surface area contributed by atoms with E-state index in [1.54, 1.807) is 11.3 Å². The molecule has 0 aliphatic carbocycles. The molecule has 0 amide bonds. The van der Waals surface area contributed by atoms with Crippen LogP contribution in [0, 0.1) is 0 Å². The Morgan fingerprint density at radius 2 is 2.10 bits per heavy atom. The lowest BCUT2D eigenvalue weighted by Gasteiger charge is -2.19. The number of rotatable bonds is 6. The van der Waals surface area contributed by atoms with Gasteiger partial charge in [0, 0.05) is 15.4 Å². The van der Waals surface area contributed by atoms with E-state index >= 15 is 0 Å². The number of halogens is 3. The highest BCUT2D eigenvalue weighted by atomic mass is 79.9. The van der Waals surface area contributed by atoms with Crippen LogP contribution in [0.25, 0.3) is 0 Å². The molecule has 1 aromatic carbocycles. The van der Waals surface area contributed by atoms with E-state index in [-0.39, 0.29) is 6.04 Å². The van der Waals surface area contributed by atoms with Gasteiger partial charge in [-0.3, -0.25) is 0 Å². The Balaban J connectivity index is 2.24. The molecule has 0 aliphatic rings. The summed E-state index contributed by atoms with van der Waals surface area (Å²) in [6, 6.07) is 8.14. The van der Waals surface area contributed by atoms with Gasteiger partial charge in [-0.1, -0.05) is 42.3 Å². The highest BCUT2D eigenvalue weighted by Crippen LogP contribution is 2.34. The lowest BCUT2D eigenvalue weighted by Crippen LogP contribution is -2.23. The summed E-state index contributed by atoms with van der Waals surface area (Å²) >= 11 is 17.8. The zero-order valence-corrected chi connectivity index (χ0v) is 15.0. The molecule has 0 saturated heterocycles. The van der Waals surface area contributed by atoms with Crippen molar-refractivity contribution in [2.24, 2.45) is 0 Å². The second-order valence-electron chi connectivity index (χ2n) is 4.56. The Morgan fingerprint density at radius 1 is 1.30 bits per heavy atom.